The van der Waals surface area contributed by atoms with Crippen LogP contribution in [0.15, 0.2) is 39.7 Å². The van der Waals surface area contributed by atoms with Crippen LogP contribution in [0.3, 0.4) is 0 Å². The minimum atomic E-state index is -3.66. The smallest absolute Gasteiger partial charge is 0.262 e. The first-order valence-electron chi connectivity index (χ1n) is 6.36. The zero-order valence-electron chi connectivity index (χ0n) is 12.1. The molecule has 0 aliphatic heterocycles. The van der Waals surface area contributed by atoms with E-state index in [4.69, 9.17) is 5.73 Å². The molecule has 0 saturated carbocycles. The molecule has 0 heterocycles. The number of nitrogen functional groups attached to an aromatic ring is 1. The van der Waals surface area contributed by atoms with Gasteiger partial charge in [0.05, 0.1) is 4.90 Å². The van der Waals surface area contributed by atoms with E-state index in [1.54, 1.807) is 31.2 Å². The predicted molar refractivity (Wildman–Crippen MR) is 90.0 cm³/mol. The molecule has 0 atom stereocenters. The summed E-state index contributed by atoms with van der Waals surface area (Å²) in [5, 5.41) is 0. The second-order valence-electron chi connectivity index (χ2n) is 5.05. The highest BCUT2D eigenvalue weighted by Crippen LogP contribution is 2.27. The van der Waals surface area contributed by atoms with Gasteiger partial charge < -0.3 is 5.73 Å². The van der Waals surface area contributed by atoms with Gasteiger partial charge >= 0.3 is 0 Å². The lowest BCUT2D eigenvalue weighted by Crippen LogP contribution is -2.15. The molecule has 4 nitrogen and oxygen atoms in total. The second-order valence-corrected chi connectivity index (χ2v) is 7.50. The van der Waals surface area contributed by atoms with Crippen molar-refractivity contribution in [2.45, 2.75) is 25.7 Å². The molecule has 0 aliphatic rings. The van der Waals surface area contributed by atoms with Crippen molar-refractivity contribution in [3.63, 3.8) is 0 Å². The summed E-state index contributed by atoms with van der Waals surface area (Å²) in [5.74, 6) is 0. The van der Waals surface area contributed by atoms with Gasteiger partial charge in [-0.25, -0.2) is 8.42 Å². The molecular weight excluding hydrogens is 352 g/mol. The van der Waals surface area contributed by atoms with Crippen molar-refractivity contribution in [3.05, 3.63) is 51.5 Å². The van der Waals surface area contributed by atoms with Crippen LogP contribution in [-0.2, 0) is 10.0 Å². The number of benzene rings is 2. The van der Waals surface area contributed by atoms with Crippen LogP contribution >= 0.6 is 15.9 Å². The van der Waals surface area contributed by atoms with Gasteiger partial charge in [-0.3, -0.25) is 4.72 Å². The van der Waals surface area contributed by atoms with Crippen LogP contribution in [0.1, 0.15) is 16.7 Å². The van der Waals surface area contributed by atoms with E-state index in [2.05, 4.69) is 20.7 Å². The first-order valence-corrected chi connectivity index (χ1v) is 8.64. The number of nitrogens with one attached hydrogen (secondary N) is 1. The standard InChI is InChI=1S/C15H17BrN2O2S/c1-9-4-5-12(17)8-14(9)21(19,20)18-13-6-10(2)15(16)11(3)7-13/h4-8,18H,17H2,1-3H3. The van der Waals surface area contributed by atoms with E-state index in [0.29, 0.717) is 16.9 Å². The third-order valence-electron chi connectivity index (χ3n) is 3.19. The third kappa shape index (κ3) is 3.39. The van der Waals surface area contributed by atoms with E-state index < -0.39 is 10.0 Å². The van der Waals surface area contributed by atoms with Gasteiger partial charge in [-0.1, -0.05) is 22.0 Å². The van der Waals surface area contributed by atoms with Crippen molar-refractivity contribution in [2.75, 3.05) is 10.5 Å². The zero-order valence-corrected chi connectivity index (χ0v) is 14.5. The van der Waals surface area contributed by atoms with Crippen molar-refractivity contribution in [1.29, 1.82) is 0 Å². The summed E-state index contributed by atoms with van der Waals surface area (Å²) in [6.45, 7) is 5.58. The lowest BCUT2D eigenvalue weighted by molar-refractivity contribution is 0.600. The maximum atomic E-state index is 12.5. The Bertz CT molecular complexity index is 778. The van der Waals surface area contributed by atoms with Crippen molar-refractivity contribution in [1.82, 2.24) is 0 Å². The van der Waals surface area contributed by atoms with E-state index in [1.807, 2.05) is 13.8 Å². The lowest BCUT2D eigenvalue weighted by Gasteiger charge is -2.13. The van der Waals surface area contributed by atoms with E-state index in [9.17, 15) is 8.42 Å². The van der Waals surface area contributed by atoms with E-state index in [1.165, 1.54) is 6.07 Å². The Morgan fingerprint density at radius 2 is 1.57 bits per heavy atom. The van der Waals surface area contributed by atoms with Crippen LogP contribution in [0.5, 0.6) is 0 Å². The van der Waals surface area contributed by atoms with E-state index in [0.717, 1.165) is 15.6 Å². The first-order chi connectivity index (χ1) is 9.70. The molecule has 0 aliphatic carbocycles. The molecule has 0 amide bonds. The molecule has 112 valence electrons. The molecule has 0 unspecified atom stereocenters. The third-order valence-corrected chi connectivity index (χ3v) is 5.96. The Hall–Kier alpha value is -1.53. The van der Waals surface area contributed by atoms with Gasteiger partial charge in [-0.2, -0.15) is 0 Å². The lowest BCUT2D eigenvalue weighted by atomic mass is 10.1. The van der Waals surface area contributed by atoms with Crippen LogP contribution in [0.4, 0.5) is 11.4 Å². The molecule has 2 rings (SSSR count). The van der Waals surface area contributed by atoms with E-state index in [-0.39, 0.29) is 4.90 Å². The van der Waals surface area contributed by atoms with Gasteiger partial charge in [0.2, 0.25) is 0 Å². The van der Waals surface area contributed by atoms with Crippen LogP contribution in [0.2, 0.25) is 0 Å². The van der Waals surface area contributed by atoms with Crippen molar-refractivity contribution >= 4 is 37.3 Å². The SMILES string of the molecule is Cc1ccc(N)cc1S(=O)(=O)Nc1cc(C)c(Br)c(C)c1. The molecule has 0 radical (unpaired) electrons. The monoisotopic (exact) mass is 368 g/mol. The molecule has 0 spiro atoms. The zero-order chi connectivity index (χ0) is 15.8. The number of aryl methyl sites for hydroxylation is 3. The molecule has 0 saturated heterocycles. The number of hydrogen-bond acceptors (Lipinski definition) is 3. The number of sulfonamides is 1. The highest BCUT2D eigenvalue weighted by atomic mass is 79.9. The van der Waals surface area contributed by atoms with Gasteiger partial charge in [-0.15, -0.1) is 0 Å². The molecular formula is C15H17BrN2O2S. The normalized spacial score (nSPS) is 11.4. The fourth-order valence-corrected chi connectivity index (χ4v) is 3.67. The van der Waals surface area contributed by atoms with Crippen LogP contribution in [-0.4, -0.2) is 8.42 Å². The summed E-state index contributed by atoms with van der Waals surface area (Å²) in [6.07, 6.45) is 0. The summed E-state index contributed by atoms with van der Waals surface area (Å²) in [5.41, 5.74) is 9.24. The largest absolute Gasteiger partial charge is 0.399 e. The fraction of sp³-hybridized carbons (Fsp3) is 0.200. The van der Waals surface area contributed by atoms with Gasteiger partial charge in [0.25, 0.3) is 10.0 Å². The Balaban J connectivity index is 2.45. The number of rotatable bonds is 3. The summed E-state index contributed by atoms with van der Waals surface area (Å²) in [6, 6.07) is 8.42. The second kappa shape index (κ2) is 5.69. The first kappa shape index (κ1) is 15.9. The number of anilines is 2. The maximum Gasteiger partial charge on any atom is 0.262 e. The summed E-state index contributed by atoms with van der Waals surface area (Å²) in [7, 11) is -3.66. The van der Waals surface area contributed by atoms with Gasteiger partial charge in [-0.05, 0) is 61.7 Å². The topological polar surface area (TPSA) is 72.2 Å². The molecule has 21 heavy (non-hydrogen) atoms. The number of halogens is 1. The van der Waals surface area contributed by atoms with Gasteiger partial charge in [0, 0.05) is 15.8 Å². The van der Waals surface area contributed by atoms with Gasteiger partial charge in [0.15, 0.2) is 0 Å². The Kier molecular flexibility index (Phi) is 4.30. The Labute approximate surface area is 133 Å². The van der Waals surface area contributed by atoms with Crippen molar-refractivity contribution in [3.8, 4) is 0 Å². The molecule has 0 aromatic heterocycles. The predicted octanol–water partition coefficient (Wildman–Crippen LogP) is 3.76. The molecule has 0 fully saturated rings. The summed E-state index contributed by atoms with van der Waals surface area (Å²) in [4.78, 5) is 0.195. The maximum absolute atomic E-state index is 12.5. The minimum absolute atomic E-state index is 0.195. The summed E-state index contributed by atoms with van der Waals surface area (Å²) < 4.78 is 28.6. The molecule has 2 aromatic carbocycles. The van der Waals surface area contributed by atoms with Gasteiger partial charge in [0.1, 0.15) is 0 Å². The van der Waals surface area contributed by atoms with Crippen LogP contribution < -0.4 is 10.5 Å². The Morgan fingerprint density at radius 3 is 2.14 bits per heavy atom. The minimum Gasteiger partial charge on any atom is -0.399 e. The summed E-state index contributed by atoms with van der Waals surface area (Å²) >= 11 is 3.47. The molecule has 3 N–H and O–H groups in total. The fourth-order valence-electron chi connectivity index (χ4n) is 2.12. The Morgan fingerprint density at radius 1 is 1.00 bits per heavy atom. The highest BCUT2D eigenvalue weighted by molar-refractivity contribution is 9.10. The van der Waals surface area contributed by atoms with Crippen molar-refractivity contribution in [2.24, 2.45) is 0 Å². The van der Waals surface area contributed by atoms with Crippen LogP contribution in [0, 0.1) is 20.8 Å². The highest BCUT2D eigenvalue weighted by Gasteiger charge is 2.18. The quantitative estimate of drug-likeness (QED) is 0.810. The average molecular weight is 369 g/mol. The number of nitrogens with two attached hydrogens (primary N) is 1. The molecule has 0 bridgehead atoms. The molecule has 2 aromatic rings. The average Bonchev–Trinajstić information content (AvgIpc) is 2.38. The number of hydrogen-bond donors (Lipinski definition) is 2. The van der Waals surface area contributed by atoms with Crippen molar-refractivity contribution < 1.29 is 8.42 Å². The van der Waals surface area contributed by atoms with E-state index >= 15 is 0 Å². The molecule has 6 heteroatoms. The van der Waals surface area contributed by atoms with Crippen LogP contribution in [0.25, 0.3) is 0 Å².